The highest BCUT2D eigenvalue weighted by molar-refractivity contribution is 6.30. The van der Waals surface area contributed by atoms with Gasteiger partial charge in [-0.05, 0) is 37.6 Å². The van der Waals surface area contributed by atoms with Gasteiger partial charge < -0.3 is 19.7 Å². The van der Waals surface area contributed by atoms with Crippen LogP contribution < -0.4 is 5.32 Å². The van der Waals surface area contributed by atoms with Gasteiger partial charge in [0.1, 0.15) is 0 Å². The summed E-state index contributed by atoms with van der Waals surface area (Å²) in [6.45, 7) is 3.48. The third kappa shape index (κ3) is 6.65. The highest BCUT2D eigenvalue weighted by Gasteiger charge is 2.22. The van der Waals surface area contributed by atoms with Crippen molar-refractivity contribution in [3.8, 4) is 0 Å². The van der Waals surface area contributed by atoms with Crippen LogP contribution >= 0.6 is 11.6 Å². The van der Waals surface area contributed by atoms with Crippen LogP contribution in [0.25, 0.3) is 0 Å². The van der Waals surface area contributed by atoms with Gasteiger partial charge in [0, 0.05) is 36.6 Å². The van der Waals surface area contributed by atoms with Crippen molar-refractivity contribution in [3.05, 3.63) is 34.9 Å². The minimum atomic E-state index is -0.458. The number of ether oxygens (including phenoxy) is 2. The third-order valence-electron chi connectivity index (χ3n) is 3.90. The molecule has 7 nitrogen and oxygen atoms in total. The molecule has 0 bridgehead atoms. The monoisotopic (exact) mass is 382 g/mol. The summed E-state index contributed by atoms with van der Waals surface area (Å²) in [5, 5.41) is 3.28. The van der Waals surface area contributed by atoms with Crippen LogP contribution in [0.3, 0.4) is 0 Å². The van der Waals surface area contributed by atoms with Crippen LogP contribution in [0.15, 0.2) is 24.3 Å². The van der Waals surface area contributed by atoms with Crippen molar-refractivity contribution in [3.63, 3.8) is 0 Å². The Balaban J connectivity index is 1.59. The minimum absolute atomic E-state index is 0.00680. The maximum Gasteiger partial charge on any atom is 0.306 e. The van der Waals surface area contributed by atoms with Crippen molar-refractivity contribution in [2.24, 2.45) is 0 Å². The number of carbonyl (C=O) groups excluding carboxylic acids is 3. The second-order valence-corrected chi connectivity index (χ2v) is 6.48. The van der Waals surface area contributed by atoms with E-state index in [1.807, 2.05) is 6.92 Å². The summed E-state index contributed by atoms with van der Waals surface area (Å²) >= 11 is 5.77. The molecule has 1 aromatic rings. The first-order chi connectivity index (χ1) is 12.5. The molecule has 0 spiro atoms. The predicted molar refractivity (Wildman–Crippen MR) is 96.0 cm³/mol. The number of benzene rings is 1. The van der Waals surface area contributed by atoms with E-state index in [9.17, 15) is 14.4 Å². The molecule has 1 saturated heterocycles. The van der Waals surface area contributed by atoms with Gasteiger partial charge in [0.2, 0.25) is 0 Å². The number of nitrogens with one attached hydrogen (secondary N) is 1. The highest BCUT2D eigenvalue weighted by Crippen LogP contribution is 2.09. The lowest BCUT2D eigenvalue weighted by atomic mass is 10.2. The number of carbonyl (C=O) groups is 3. The summed E-state index contributed by atoms with van der Waals surface area (Å²) in [4.78, 5) is 37.2. The Kier molecular flexibility index (Phi) is 7.87. The van der Waals surface area contributed by atoms with E-state index in [1.54, 1.807) is 29.2 Å². The Hall–Kier alpha value is -2.12. The second kappa shape index (κ2) is 10.1. The van der Waals surface area contributed by atoms with E-state index in [0.717, 1.165) is 0 Å². The van der Waals surface area contributed by atoms with Gasteiger partial charge >= 0.3 is 5.97 Å². The fourth-order valence-electron chi connectivity index (χ4n) is 2.49. The number of amides is 2. The molecule has 1 unspecified atom stereocenters. The summed E-state index contributed by atoms with van der Waals surface area (Å²) in [6.07, 6.45) is 0.557. The molecule has 1 aliphatic heterocycles. The van der Waals surface area contributed by atoms with Gasteiger partial charge in [-0.3, -0.25) is 14.4 Å². The number of nitrogens with zero attached hydrogens (tertiary/aromatic N) is 1. The standard InChI is InChI=1S/C18H23ClN2O5/c1-13-11-21(9-10-25-13)16(22)12-26-17(23)3-2-8-20-18(24)14-4-6-15(19)7-5-14/h4-7,13H,2-3,8-12H2,1H3,(H,20,24). The minimum Gasteiger partial charge on any atom is -0.456 e. The first-order valence-electron chi connectivity index (χ1n) is 8.54. The van der Waals surface area contributed by atoms with E-state index in [1.165, 1.54) is 0 Å². The lowest BCUT2D eigenvalue weighted by molar-refractivity contribution is -0.154. The van der Waals surface area contributed by atoms with Gasteiger partial charge in [-0.15, -0.1) is 0 Å². The van der Waals surface area contributed by atoms with Crippen molar-refractivity contribution < 1.29 is 23.9 Å². The molecular weight excluding hydrogens is 360 g/mol. The maximum atomic E-state index is 12.0. The molecule has 1 atom stereocenters. The summed E-state index contributed by atoms with van der Waals surface area (Å²) in [6, 6.07) is 6.54. The maximum absolute atomic E-state index is 12.0. The normalized spacial score (nSPS) is 16.8. The second-order valence-electron chi connectivity index (χ2n) is 6.05. The molecule has 1 aromatic carbocycles. The first kappa shape index (κ1) is 20.2. The van der Waals surface area contributed by atoms with E-state index >= 15 is 0 Å². The van der Waals surface area contributed by atoms with Gasteiger partial charge in [0.25, 0.3) is 11.8 Å². The first-order valence-corrected chi connectivity index (χ1v) is 8.92. The van der Waals surface area contributed by atoms with Crippen LogP contribution in [-0.2, 0) is 19.1 Å². The van der Waals surface area contributed by atoms with Crippen LogP contribution in [0.2, 0.25) is 5.02 Å². The zero-order valence-electron chi connectivity index (χ0n) is 14.7. The molecule has 8 heteroatoms. The molecule has 1 N–H and O–H groups in total. The Morgan fingerprint density at radius 1 is 1.31 bits per heavy atom. The smallest absolute Gasteiger partial charge is 0.306 e. The Morgan fingerprint density at radius 3 is 2.73 bits per heavy atom. The molecule has 142 valence electrons. The topological polar surface area (TPSA) is 84.9 Å². The largest absolute Gasteiger partial charge is 0.456 e. The fraction of sp³-hybridized carbons (Fsp3) is 0.500. The van der Waals surface area contributed by atoms with E-state index in [2.05, 4.69) is 5.32 Å². The summed E-state index contributed by atoms with van der Waals surface area (Å²) in [5.74, 6) is -0.906. The lowest BCUT2D eigenvalue weighted by Crippen LogP contribution is -2.46. The van der Waals surface area contributed by atoms with Crippen molar-refractivity contribution in [1.82, 2.24) is 10.2 Å². The molecule has 26 heavy (non-hydrogen) atoms. The number of morpholine rings is 1. The van der Waals surface area contributed by atoms with Crippen molar-refractivity contribution >= 4 is 29.4 Å². The van der Waals surface area contributed by atoms with E-state index < -0.39 is 5.97 Å². The predicted octanol–water partition coefficient (Wildman–Crippen LogP) is 1.64. The van der Waals surface area contributed by atoms with Crippen LogP contribution in [0.1, 0.15) is 30.1 Å². The van der Waals surface area contributed by atoms with Gasteiger partial charge in [-0.1, -0.05) is 11.6 Å². The molecule has 2 amide bonds. The van der Waals surface area contributed by atoms with Gasteiger partial charge in [-0.25, -0.2) is 0 Å². The van der Waals surface area contributed by atoms with Gasteiger partial charge in [-0.2, -0.15) is 0 Å². The van der Waals surface area contributed by atoms with Crippen molar-refractivity contribution in [2.75, 3.05) is 32.8 Å². The van der Waals surface area contributed by atoms with Crippen LogP contribution in [-0.4, -0.2) is 61.6 Å². The Bertz CT molecular complexity index is 635. The number of hydrogen-bond donors (Lipinski definition) is 1. The van der Waals surface area contributed by atoms with Gasteiger partial charge in [0.05, 0.1) is 12.7 Å². The Morgan fingerprint density at radius 2 is 2.04 bits per heavy atom. The number of rotatable bonds is 7. The SMILES string of the molecule is CC1CN(C(=O)COC(=O)CCCNC(=O)c2ccc(Cl)cc2)CCO1. The molecule has 0 aliphatic carbocycles. The van der Waals surface area contributed by atoms with Crippen LogP contribution in [0, 0.1) is 0 Å². The van der Waals surface area contributed by atoms with E-state index in [-0.39, 0.29) is 30.9 Å². The zero-order valence-corrected chi connectivity index (χ0v) is 15.5. The molecule has 1 aliphatic rings. The van der Waals surface area contributed by atoms with E-state index in [0.29, 0.717) is 43.2 Å². The van der Waals surface area contributed by atoms with E-state index in [4.69, 9.17) is 21.1 Å². The molecule has 0 aromatic heterocycles. The summed E-state index contributed by atoms with van der Waals surface area (Å²) in [7, 11) is 0. The molecule has 0 saturated carbocycles. The summed E-state index contributed by atoms with van der Waals surface area (Å²) in [5.41, 5.74) is 0.502. The molecule has 2 rings (SSSR count). The Labute approximate surface area is 157 Å². The van der Waals surface area contributed by atoms with Crippen molar-refractivity contribution in [1.29, 1.82) is 0 Å². The average molecular weight is 383 g/mol. The fourth-order valence-corrected chi connectivity index (χ4v) is 2.61. The number of halogens is 1. The van der Waals surface area contributed by atoms with Crippen LogP contribution in [0.5, 0.6) is 0 Å². The van der Waals surface area contributed by atoms with Crippen molar-refractivity contribution in [2.45, 2.75) is 25.9 Å². The lowest BCUT2D eigenvalue weighted by Gasteiger charge is -2.30. The summed E-state index contributed by atoms with van der Waals surface area (Å²) < 4.78 is 10.4. The number of esters is 1. The molecule has 0 radical (unpaired) electrons. The number of hydrogen-bond acceptors (Lipinski definition) is 5. The molecule has 1 fully saturated rings. The zero-order chi connectivity index (χ0) is 18.9. The average Bonchev–Trinajstić information content (AvgIpc) is 2.63. The van der Waals surface area contributed by atoms with Crippen LogP contribution in [0.4, 0.5) is 0 Å². The highest BCUT2D eigenvalue weighted by atomic mass is 35.5. The molecular formula is C18H23ClN2O5. The van der Waals surface area contributed by atoms with Gasteiger partial charge in [0.15, 0.2) is 6.61 Å². The third-order valence-corrected chi connectivity index (χ3v) is 4.15. The molecule has 1 heterocycles. The quantitative estimate of drug-likeness (QED) is 0.572.